The zero-order valence-electron chi connectivity index (χ0n) is 15.6. The number of fused-ring (bicyclic) bond motifs is 2. The lowest BCUT2D eigenvalue weighted by Gasteiger charge is -2.46. The number of hydrazine groups is 1. The Hall–Kier alpha value is -1.05. The topological polar surface area (TPSA) is 86.7 Å². The summed E-state index contributed by atoms with van der Waals surface area (Å²) in [5.41, 5.74) is 6.65. The molecule has 1 amide bonds. The lowest BCUT2D eigenvalue weighted by Crippen LogP contribution is -2.66. The number of amides is 1. The van der Waals surface area contributed by atoms with Crippen LogP contribution in [0.3, 0.4) is 0 Å². The second kappa shape index (κ2) is 7.41. The maximum Gasteiger partial charge on any atom is 0.243 e. The number of nitriles is 1. The minimum atomic E-state index is -0.152. The van der Waals surface area contributed by atoms with Crippen molar-refractivity contribution in [2.24, 2.45) is 11.8 Å². The molecule has 4 saturated heterocycles. The van der Waals surface area contributed by atoms with Crippen molar-refractivity contribution >= 4 is 17.7 Å². The minimum Gasteiger partial charge on any atom is -0.315 e. The molecule has 5 rings (SSSR count). The summed E-state index contributed by atoms with van der Waals surface area (Å²) in [6.45, 7) is 5.99. The van der Waals surface area contributed by atoms with Crippen molar-refractivity contribution < 1.29 is 4.79 Å². The summed E-state index contributed by atoms with van der Waals surface area (Å²) in [5.74, 6) is 1.73. The number of rotatable bonds is 2. The molecule has 4 unspecified atom stereocenters. The minimum absolute atomic E-state index is 0.102. The summed E-state index contributed by atoms with van der Waals surface area (Å²) < 4.78 is 0. The number of nitrogens with one attached hydrogen (secondary N) is 3. The lowest BCUT2D eigenvalue weighted by atomic mass is 9.78. The maximum atomic E-state index is 13.2. The molecule has 5 atom stereocenters. The summed E-state index contributed by atoms with van der Waals surface area (Å²) in [7, 11) is 0. The molecule has 0 aromatic heterocycles. The molecule has 9 heteroatoms. The molecule has 0 radical (unpaired) electrons. The van der Waals surface area contributed by atoms with Gasteiger partial charge >= 0.3 is 0 Å². The second-order valence-electron chi connectivity index (χ2n) is 8.52. The number of thioether (sulfide) groups is 1. The van der Waals surface area contributed by atoms with E-state index < -0.39 is 0 Å². The number of nitrogens with zero attached hydrogens (tertiary/aromatic N) is 4. The highest BCUT2D eigenvalue weighted by molar-refractivity contribution is 8.00. The van der Waals surface area contributed by atoms with Crippen LogP contribution in [0.25, 0.3) is 0 Å². The molecule has 1 saturated carbocycles. The number of piperazine rings is 2. The molecule has 0 aromatic carbocycles. The van der Waals surface area contributed by atoms with E-state index in [9.17, 15) is 10.1 Å². The Labute approximate surface area is 164 Å². The van der Waals surface area contributed by atoms with Crippen LogP contribution in [0, 0.1) is 23.3 Å². The van der Waals surface area contributed by atoms with Crippen molar-refractivity contribution in [2.75, 3.05) is 45.8 Å². The zero-order valence-corrected chi connectivity index (χ0v) is 16.5. The average Bonchev–Trinajstić information content (AvgIpc) is 3.37. The van der Waals surface area contributed by atoms with E-state index >= 15 is 0 Å². The predicted molar refractivity (Wildman–Crippen MR) is 103 cm³/mol. The van der Waals surface area contributed by atoms with Gasteiger partial charge in [-0.15, -0.1) is 11.8 Å². The van der Waals surface area contributed by atoms with E-state index in [0.29, 0.717) is 17.8 Å². The van der Waals surface area contributed by atoms with Gasteiger partial charge in [-0.2, -0.15) is 5.26 Å². The van der Waals surface area contributed by atoms with E-state index in [1.807, 2.05) is 11.8 Å². The molecule has 3 N–H and O–H groups in total. The highest BCUT2D eigenvalue weighted by atomic mass is 32.2. The Morgan fingerprint density at radius 3 is 2.70 bits per heavy atom. The van der Waals surface area contributed by atoms with Crippen LogP contribution in [0.15, 0.2) is 0 Å². The molecule has 148 valence electrons. The van der Waals surface area contributed by atoms with Crippen molar-refractivity contribution in [1.82, 2.24) is 30.9 Å². The van der Waals surface area contributed by atoms with Gasteiger partial charge in [0.05, 0.1) is 6.54 Å². The SMILES string of the molecule is N#CN1CCN2CCN(C3NC4CCC(C5CNNC5)CC4S3)C(=O)[C@H]2C1. The summed E-state index contributed by atoms with van der Waals surface area (Å²) in [6, 6.07) is 0.381. The van der Waals surface area contributed by atoms with E-state index in [0.717, 1.165) is 51.1 Å². The van der Waals surface area contributed by atoms with Gasteiger partial charge in [0.2, 0.25) is 5.91 Å². The van der Waals surface area contributed by atoms with Crippen molar-refractivity contribution in [3.8, 4) is 6.19 Å². The van der Waals surface area contributed by atoms with Gasteiger partial charge in [-0.1, -0.05) is 0 Å². The van der Waals surface area contributed by atoms with Crippen molar-refractivity contribution in [2.45, 2.75) is 42.1 Å². The summed E-state index contributed by atoms with van der Waals surface area (Å²) in [4.78, 5) is 19.2. The molecule has 5 fully saturated rings. The number of hydrogen-bond acceptors (Lipinski definition) is 8. The van der Waals surface area contributed by atoms with Crippen LogP contribution in [0.2, 0.25) is 0 Å². The fourth-order valence-corrected chi connectivity index (χ4v) is 7.18. The van der Waals surface area contributed by atoms with Gasteiger partial charge in [0.25, 0.3) is 0 Å². The van der Waals surface area contributed by atoms with E-state index in [-0.39, 0.29) is 17.4 Å². The Morgan fingerprint density at radius 2 is 1.89 bits per heavy atom. The Morgan fingerprint density at radius 1 is 1.07 bits per heavy atom. The van der Waals surface area contributed by atoms with Crippen molar-refractivity contribution in [3.63, 3.8) is 0 Å². The molecule has 8 nitrogen and oxygen atoms in total. The fraction of sp³-hybridized carbons (Fsp3) is 0.889. The van der Waals surface area contributed by atoms with E-state index in [2.05, 4.69) is 32.2 Å². The molecule has 0 bridgehead atoms. The summed E-state index contributed by atoms with van der Waals surface area (Å²) in [6.07, 6.45) is 5.98. The largest absolute Gasteiger partial charge is 0.315 e. The van der Waals surface area contributed by atoms with Gasteiger partial charge in [-0.05, 0) is 31.1 Å². The molecule has 4 aliphatic heterocycles. The third kappa shape index (κ3) is 3.32. The highest BCUT2D eigenvalue weighted by Crippen LogP contribution is 2.43. The average molecular weight is 392 g/mol. The van der Waals surface area contributed by atoms with E-state index in [1.54, 1.807) is 4.90 Å². The number of hydrogen-bond donors (Lipinski definition) is 3. The zero-order chi connectivity index (χ0) is 18.4. The van der Waals surface area contributed by atoms with Crippen LogP contribution in [0.1, 0.15) is 19.3 Å². The Bertz CT molecular complexity index is 621. The smallest absolute Gasteiger partial charge is 0.243 e. The molecule has 4 heterocycles. The monoisotopic (exact) mass is 391 g/mol. The molecule has 0 aromatic rings. The van der Waals surface area contributed by atoms with Crippen LogP contribution < -0.4 is 16.2 Å². The summed E-state index contributed by atoms with van der Waals surface area (Å²) >= 11 is 1.97. The van der Waals surface area contributed by atoms with Crippen molar-refractivity contribution in [1.29, 1.82) is 5.26 Å². The predicted octanol–water partition coefficient (Wildman–Crippen LogP) is -0.823. The molecule has 0 spiro atoms. The first-order valence-electron chi connectivity index (χ1n) is 10.3. The van der Waals surface area contributed by atoms with Crippen LogP contribution in [-0.2, 0) is 4.79 Å². The lowest BCUT2D eigenvalue weighted by molar-refractivity contribution is -0.145. The molecule has 27 heavy (non-hydrogen) atoms. The van der Waals surface area contributed by atoms with Gasteiger partial charge in [0.1, 0.15) is 11.5 Å². The van der Waals surface area contributed by atoms with Gasteiger partial charge in [0.15, 0.2) is 6.19 Å². The summed E-state index contributed by atoms with van der Waals surface area (Å²) in [5, 5.41) is 13.6. The third-order valence-corrected chi connectivity index (χ3v) is 8.64. The van der Waals surface area contributed by atoms with Gasteiger partial charge < -0.3 is 9.80 Å². The quantitative estimate of drug-likeness (QED) is 0.527. The first kappa shape index (κ1) is 18.0. The number of carbonyl (C=O) groups excluding carboxylic acids is 1. The first-order valence-corrected chi connectivity index (χ1v) is 11.2. The highest BCUT2D eigenvalue weighted by Gasteiger charge is 2.47. The standard InChI is InChI=1S/C18H29N7OS/c19-11-23-3-4-24-5-6-25(17(26)15(24)10-23)18-22-14-2-1-12(7-16(14)27-18)13-8-20-21-9-13/h12-16,18,20-22H,1-10H2/t12?,14?,15-,16?,18?/m1/s1. The van der Waals surface area contributed by atoms with Crippen LogP contribution in [-0.4, -0.2) is 89.3 Å². The van der Waals surface area contributed by atoms with Crippen LogP contribution >= 0.6 is 11.8 Å². The van der Waals surface area contributed by atoms with Crippen molar-refractivity contribution in [3.05, 3.63) is 0 Å². The number of carbonyl (C=O) groups is 1. The Kier molecular flexibility index (Phi) is 4.94. The van der Waals surface area contributed by atoms with Gasteiger partial charge in [-0.3, -0.25) is 25.9 Å². The van der Waals surface area contributed by atoms with Gasteiger partial charge in [-0.25, -0.2) is 0 Å². The van der Waals surface area contributed by atoms with Crippen LogP contribution in [0.5, 0.6) is 0 Å². The van der Waals surface area contributed by atoms with E-state index in [1.165, 1.54) is 19.3 Å². The fourth-order valence-electron chi connectivity index (χ4n) is 5.48. The first-order chi connectivity index (χ1) is 13.2. The molecular formula is C18H29N7OS. The normalized spacial score (nSPS) is 40.7. The maximum absolute atomic E-state index is 13.2. The third-order valence-electron chi connectivity index (χ3n) is 7.12. The Balaban J connectivity index is 1.22. The van der Waals surface area contributed by atoms with E-state index in [4.69, 9.17) is 0 Å². The molecule has 1 aliphatic carbocycles. The van der Waals surface area contributed by atoms with Crippen LogP contribution in [0.4, 0.5) is 0 Å². The molecular weight excluding hydrogens is 362 g/mol. The van der Waals surface area contributed by atoms with Gasteiger partial charge in [0, 0.05) is 50.6 Å². The molecule has 5 aliphatic rings. The second-order valence-corrected chi connectivity index (χ2v) is 9.85.